The van der Waals surface area contributed by atoms with Crippen LogP contribution in [-0.4, -0.2) is 26.0 Å². The van der Waals surface area contributed by atoms with Gasteiger partial charge in [-0.1, -0.05) is 24.3 Å². The third kappa shape index (κ3) is 3.75. The fraction of sp³-hybridized carbons (Fsp3) is 0.250. The van der Waals surface area contributed by atoms with Crippen LogP contribution >= 0.6 is 0 Å². The van der Waals surface area contributed by atoms with Crippen LogP contribution in [0.3, 0.4) is 0 Å². The number of hydrogen-bond acceptors (Lipinski definition) is 4. The first kappa shape index (κ1) is 16.7. The molecule has 22 heavy (non-hydrogen) atoms. The smallest absolute Gasteiger partial charge is 0.179 e. The third-order valence-corrected chi connectivity index (χ3v) is 5.94. The zero-order valence-electron chi connectivity index (χ0n) is 12.7. The second-order valence-electron chi connectivity index (χ2n) is 5.01. The van der Waals surface area contributed by atoms with Gasteiger partial charge in [0.05, 0.1) is 23.7 Å². The topological polar surface area (TPSA) is 60.4 Å². The molecule has 2 aromatic carbocycles. The maximum Gasteiger partial charge on any atom is 0.179 e. The molecule has 0 amide bonds. The third-order valence-electron chi connectivity index (χ3n) is 3.26. The van der Waals surface area contributed by atoms with Gasteiger partial charge in [-0.15, -0.1) is 0 Å². The number of sulfone groups is 1. The molecule has 4 nitrogen and oxygen atoms in total. The highest BCUT2D eigenvalue weighted by atomic mass is 32.2. The molecular formula is C16H18O4S2. The Balaban J connectivity index is 2.32. The lowest BCUT2D eigenvalue weighted by Crippen LogP contribution is -2.03. The summed E-state index contributed by atoms with van der Waals surface area (Å²) in [5.41, 5.74) is 1.74. The summed E-state index contributed by atoms with van der Waals surface area (Å²) >= 11 is 0. The number of ether oxygens (including phenoxy) is 1. The number of methoxy groups -OCH3 is 1. The number of aryl methyl sites for hydroxylation is 1. The van der Waals surface area contributed by atoms with Gasteiger partial charge in [-0.25, -0.2) is 8.42 Å². The Morgan fingerprint density at radius 2 is 1.82 bits per heavy atom. The number of rotatable bonds is 5. The molecule has 6 heteroatoms. The van der Waals surface area contributed by atoms with Gasteiger partial charge in [-0.05, 0) is 36.2 Å². The Bertz CT molecular complexity index is 811. The fourth-order valence-electron chi connectivity index (χ4n) is 2.15. The van der Waals surface area contributed by atoms with E-state index in [-0.39, 0.29) is 10.6 Å². The molecule has 0 N–H and O–H groups in total. The zero-order chi connectivity index (χ0) is 16.3. The van der Waals surface area contributed by atoms with Gasteiger partial charge in [0, 0.05) is 11.2 Å². The summed E-state index contributed by atoms with van der Waals surface area (Å²) in [5, 5.41) is 0. The Hall–Kier alpha value is -1.66. The van der Waals surface area contributed by atoms with Crippen molar-refractivity contribution in [3.05, 3.63) is 53.6 Å². The van der Waals surface area contributed by atoms with Crippen LogP contribution in [0.4, 0.5) is 0 Å². The Kier molecular flexibility index (Phi) is 5.03. The lowest BCUT2D eigenvalue weighted by molar-refractivity contribution is 0.402. The van der Waals surface area contributed by atoms with Gasteiger partial charge in [0.25, 0.3) is 0 Å². The average molecular weight is 338 g/mol. The molecule has 0 aliphatic heterocycles. The van der Waals surface area contributed by atoms with Gasteiger partial charge in [0.2, 0.25) is 0 Å². The molecule has 0 radical (unpaired) electrons. The van der Waals surface area contributed by atoms with E-state index in [0.717, 1.165) is 22.3 Å². The van der Waals surface area contributed by atoms with Crippen molar-refractivity contribution in [2.24, 2.45) is 0 Å². The van der Waals surface area contributed by atoms with E-state index >= 15 is 0 Å². The van der Waals surface area contributed by atoms with Crippen LogP contribution in [0.15, 0.2) is 52.3 Å². The largest absolute Gasteiger partial charge is 0.495 e. The van der Waals surface area contributed by atoms with Gasteiger partial charge >= 0.3 is 0 Å². The molecule has 0 fully saturated rings. The highest BCUT2D eigenvalue weighted by Crippen LogP contribution is 2.26. The lowest BCUT2D eigenvalue weighted by atomic mass is 10.2. The number of hydrogen-bond donors (Lipinski definition) is 0. The predicted octanol–water partition coefficient (Wildman–Crippen LogP) is 2.71. The minimum absolute atomic E-state index is 0.139. The van der Waals surface area contributed by atoms with Crippen LogP contribution in [0.5, 0.6) is 5.75 Å². The van der Waals surface area contributed by atoms with Gasteiger partial charge in [-0.2, -0.15) is 0 Å². The highest BCUT2D eigenvalue weighted by Gasteiger charge is 2.16. The van der Waals surface area contributed by atoms with Crippen LogP contribution < -0.4 is 4.74 Å². The van der Waals surface area contributed by atoms with Crippen molar-refractivity contribution in [3.8, 4) is 5.75 Å². The van der Waals surface area contributed by atoms with Crippen molar-refractivity contribution in [1.29, 1.82) is 0 Å². The van der Waals surface area contributed by atoms with Crippen molar-refractivity contribution in [2.45, 2.75) is 22.5 Å². The maximum atomic E-state index is 12.5. The van der Waals surface area contributed by atoms with Crippen LogP contribution in [0, 0.1) is 6.92 Å². The molecule has 0 aromatic heterocycles. The molecule has 1 atom stereocenters. The van der Waals surface area contributed by atoms with Crippen LogP contribution in [0.2, 0.25) is 0 Å². The molecule has 0 spiro atoms. The van der Waals surface area contributed by atoms with E-state index in [4.69, 9.17) is 4.74 Å². The van der Waals surface area contributed by atoms with Crippen molar-refractivity contribution < 1.29 is 17.4 Å². The molecule has 1 unspecified atom stereocenters. The summed E-state index contributed by atoms with van der Waals surface area (Å²) < 4.78 is 41.0. The second kappa shape index (κ2) is 6.62. The molecule has 0 aliphatic carbocycles. The van der Waals surface area contributed by atoms with Crippen LogP contribution in [0.25, 0.3) is 0 Å². The molecule has 0 saturated heterocycles. The van der Waals surface area contributed by atoms with Crippen molar-refractivity contribution >= 4 is 20.6 Å². The molecular weight excluding hydrogens is 320 g/mol. The van der Waals surface area contributed by atoms with E-state index in [1.165, 1.54) is 13.2 Å². The van der Waals surface area contributed by atoms with Gasteiger partial charge in [0.1, 0.15) is 10.6 Å². The van der Waals surface area contributed by atoms with E-state index in [2.05, 4.69) is 0 Å². The Morgan fingerprint density at radius 3 is 2.41 bits per heavy atom. The summed E-state index contributed by atoms with van der Waals surface area (Å²) in [6.45, 7) is 1.92. The summed E-state index contributed by atoms with van der Waals surface area (Å²) in [7, 11) is -3.12. The van der Waals surface area contributed by atoms with Crippen molar-refractivity contribution in [1.82, 2.24) is 0 Å². The minimum Gasteiger partial charge on any atom is -0.495 e. The first-order valence-electron chi connectivity index (χ1n) is 6.64. The van der Waals surface area contributed by atoms with E-state index in [9.17, 15) is 12.6 Å². The van der Waals surface area contributed by atoms with Crippen LogP contribution in [-0.2, 0) is 26.4 Å². The van der Waals surface area contributed by atoms with Crippen molar-refractivity contribution in [3.63, 3.8) is 0 Å². The Morgan fingerprint density at radius 1 is 1.14 bits per heavy atom. The van der Waals surface area contributed by atoms with Gasteiger partial charge in [0.15, 0.2) is 9.84 Å². The molecule has 118 valence electrons. The van der Waals surface area contributed by atoms with E-state index in [0.29, 0.717) is 5.75 Å². The summed E-state index contributed by atoms with van der Waals surface area (Å²) in [4.78, 5) is 0.925. The van der Waals surface area contributed by atoms with E-state index < -0.39 is 20.6 Å². The maximum absolute atomic E-state index is 12.5. The second-order valence-corrected chi connectivity index (χ2v) is 8.42. The van der Waals surface area contributed by atoms with E-state index in [1.807, 2.05) is 31.2 Å². The molecule has 0 heterocycles. The normalized spacial score (nSPS) is 12.9. The SMILES string of the molecule is COc1cc(CS(=O)c2ccccc2C)ccc1S(C)(=O)=O. The molecule has 0 aliphatic rings. The lowest BCUT2D eigenvalue weighted by Gasteiger charge is -2.10. The molecule has 0 saturated carbocycles. The quantitative estimate of drug-likeness (QED) is 0.841. The summed E-state index contributed by atoms with van der Waals surface area (Å²) in [6.07, 6.45) is 1.13. The van der Waals surface area contributed by atoms with Crippen LogP contribution in [0.1, 0.15) is 11.1 Å². The standard InChI is InChI=1S/C16H18O4S2/c1-12-6-4-5-7-15(12)21(17)11-13-8-9-16(22(3,18)19)14(10-13)20-2/h4-10H,11H2,1-3H3. The zero-order valence-corrected chi connectivity index (χ0v) is 14.3. The number of benzene rings is 2. The predicted molar refractivity (Wildman–Crippen MR) is 87.4 cm³/mol. The van der Waals surface area contributed by atoms with Gasteiger partial charge in [-0.3, -0.25) is 4.21 Å². The van der Waals surface area contributed by atoms with Gasteiger partial charge < -0.3 is 4.74 Å². The first-order chi connectivity index (χ1) is 10.3. The molecule has 2 rings (SSSR count). The highest BCUT2D eigenvalue weighted by molar-refractivity contribution is 7.90. The summed E-state index contributed by atoms with van der Waals surface area (Å²) in [5.74, 6) is 0.590. The first-order valence-corrected chi connectivity index (χ1v) is 9.85. The van der Waals surface area contributed by atoms with E-state index in [1.54, 1.807) is 12.1 Å². The fourth-order valence-corrected chi connectivity index (χ4v) is 4.27. The minimum atomic E-state index is -3.35. The Labute approximate surface area is 133 Å². The average Bonchev–Trinajstić information content (AvgIpc) is 2.46. The summed E-state index contributed by atoms with van der Waals surface area (Å²) in [6, 6.07) is 12.3. The molecule has 0 bridgehead atoms. The monoisotopic (exact) mass is 338 g/mol. The molecule has 2 aromatic rings. The van der Waals surface area contributed by atoms with Crippen molar-refractivity contribution in [2.75, 3.05) is 13.4 Å².